The van der Waals surface area contributed by atoms with E-state index in [-0.39, 0.29) is 16.9 Å². The molecule has 0 saturated carbocycles. The third kappa shape index (κ3) is 3.27. The van der Waals surface area contributed by atoms with Crippen molar-refractivity contribution in [2.45, 2.75) is 12.1 Å². The molecule has 7 nitrogen and oxygen atoms in total. The first-order valence-corrected chi connectivity index (χ1v) is 6.86. The Morgan fingerprint density at radius 2 is 2.30 bits per heavy atom. The van der Waals surface area contributed by atoms with Crippen LogP contribution in [0.1, 0.15) is 6.92 Å². The third-order valence-corrected chi connectivity index (χ3v) is 3.22. The highest BCUT2D eigenvalue weighted by molar-refractivity contribution is 7.99. The van der Waals surface area contributed by atoms with Gasteiger partial charge in [0.05, 0.1) is 25.5 Å². The van der Waals surface area contributed by atoms with Gasteiger partial charge in [0.25, 0.3) is 10.7 Å². The molecule has 0 unspecified atom stereocenters. The number of carbonyl (C=O) groups excluding carboxylic acids is 1. The van der Waals surface area contributed by atoms with Crippen molar-refractivity contribution >= 4 is 28.8 Å². The van der Waals surface area contributed by atoms with Crippen LogP contribution >= 0.6 is 11.8 Å². The van der Waals surface area contributed by atoms with E-state index in [1.807, 2.05) is 0 Å². The summed E-state index contributed by atoms with van der Waals surface area (Å²) in [7, 11) is 1.51. The fourth-order valence-corrected chi connectivity index (χ4v) is 2.15. The number of thioether (sulfide) groups is 1. The molecule has 0 spiro atoms. The molecule has 1 heterocycles. The molecule has 0 fully saturated rings. The number of methoxy groups -OCH3 is 1. The maximum atomic E-state index is 11.8. The Labute approximate surface area is 119 Å². The summed E-state index contributed by atoms with van der Waals surface area (Å²) in [6.07, 6.45) is 0. The van der Waals surface area contributed by atoms with E-state index < -0.39 is 0 Å². The van der Waals surface area contributed by atoms with Gasteiger partial charge in [0.1, 0.15) is 11.3 Å². The fourth-order valence-electron chi connectivity index (χ4n) is 1.52. The number of ether oxygens (including phenoxy) is 2. The molecule has 20 heavy (non-hydrogen) atoms. The van der Waals surface area contributed by atoms with Crippen molar-refractivity contribution < 1.29 is 19.1 Å². The van der Waals surface area contributed by atoms with Crippen LogP contribution in [0.5, 0.6) is 5.75 Å². The number of benzene rings is 1. The summed E-state index contributed by atoms with van der Waals surface area (Å²) >= 11 is 1.06. The van der Waals surface area contributed by atoms with Gasteiger partial charge in [-0.3, -0.25) is 4.79 Å². The molecule has 0 aliphatic carbocycles. The average Bonchev–Trinajstić information content (AvgIpc) is 2.45. The summed E-state index contributed by atoms with van der Waals surface area (Å²) in [6, 6.07) is 4.93. The first-order valence-electron chi connectivity index (χ1n) is 5.88. The van der Waals surface area contributed by atoms with Crippen LogP contribution in [0.25, 0.3) is 11.0 Å². The summed E-state index contributed by atoms with van der Waals surface area (Å²) in [5.74, 6) is 0.251. The lowest BCUT2D eigenvalue weighted by atomic mass is 10.3. The van der Waals surface area contributed by atoms with E-state index in [1.165, 1.54) is 7.11 Å². The third-order valence-electron chi connectivity index (χ3n) is 2.41. The van der Waals surface area contributed by atoms with E-state index >= 15 is 0 Å². The number of aromatic nitrogens is 3. The zero-order valence-corrected chi connectivity index (χ0v) is 11.8. The van der Waals surface area contributed by atoms with E-state index in [2.05, 4.69) is 10.1 Å². The molecule has 2 aromatic rings. The molecule has 106 valence electrons. The van der Waals surface area contributed by atoms with Gasteiger partial charge in [-0.1, -0.05) is 11.8 Å². The van der Waals surface area contributed by atoms with Crippen molar-refractivity contribution in [2.75, 3.05) is 19.5 Å². The van der Waals surface area contributed by atoms with E-state index in [9.17, 15) is 10.0 Å². The van der Waals surface area contributed by atoms with Crippen molar-refractivity contribution in [2.24, 2.45) is 0 Å². The molecular formula is C12H13N3O4S. The van der Waals surface area contributed by atoms with Crippen molar-refractivity contribution in [3.8, 4) is 5.75 Å². The number of esters is 1. The van der Waals surface area contributed by atoms with E-state index in [4.69, 9.17) is 9.47 Å². The standard InChI is InChI=1S/C12H13N3O4S/c1-3-19-11(16)7-20-12-13-9-5-4-8(18-2)6-10(9)15(17)14-12/h4-6H,3,7H2,1-2H3. The van der Waals surface area contributed by atoms with Gasteiger partial charge in [-0.2, -0.15) is 0 Å². The molecule has 0 N–H and O–H groups in total. The van der Waals surface area contributed by atoms with Crippen molar-refractivity contribution in [3.05, 3.63) is 23.4 Å². The lowest BCUT2D eigenvalue weighted by molar-refractivity contribution is -0.647. The molecule has 0 amide bonds. The second-order valence-electron chi connectivity index (χ2n) is 3.72. The first kappa shape index (κ1) is 14.3. The molecule has 0 bridgehead atoms. The molecule has 1 aromatic carbocycles. The molecule has 0 radical (unpaired) electrons. The SMILES string of the molecule is CCOC(=O)CSc1nc2ccc(OC)cc2[n+]([O-])n1. The second-order valence-corrected chi connectivity index (χ2v) is 4.66. The highest BCUT2D eigenvalue weighted by atomic mass is 32.2. The first-order chi connectivity index (χ1) is 9.63. The minimum absolute atomic E-state index is 0.0650. The Balaban J connectivity index is 2.22. The molecule has 0 atom stereocenters. The highest BCUT2D eigenvalue weighted by Gasteiger charge is 2.14. The molecular weight excluding hydrogens is 282 g/mol. The average molecular weight is 295 g/mol. The summed E-state index contributed by atoms with van der Waals surface area (Å²) in [5, 5.41) is 15.8. The zero-order valence-electron chi connectivity index (χ0n) is 11.0. The molecule has 8 heteroatoms. The number of hydrogen-bond donors (Lipinski definition) is 0. The van der Waals surface area contributed by atoms with Gasteiger partial charge in [0, 0.05) is 5.10 Å². The summed E-state index contributed by atoms with van der Waals surface area (Å²) < 4.78 is 9.83. The molecule has 0 aliphatic rings. The topological polar surface area (TPSA) is 88.2 Å². The van der Waals surface area contributed by atoms with Gasteiger partial charge in [0.2, 0.25) is 0 Å². The van der Waals surface area contributed by atoms with Crippen LogP contribution in [0, 0.1) is 5.21 Å². The smallest absolute Gasteiger partial charge is 0.316 e. The van der Waals surface area contributed by atoms with Gasteiger partial charge < -0.3 is 14.7 Å². The van der Waals surface area contributed by atoms with E-state index in [0.29, 0.717) is 28.2 Å². The van der Waals surface area contributed by atoms with Crippen LogP contribution in [0.15, 0.2) is 23.4 Å². The number of rotatable bonds is 5. The maximum Gasteiger partial charge on any atom is 0.316 e. The Kier molecular flexibility index (Phi) is 4.57. The predicted molar refractivity (Wildman–Crippen MR) is 72.4 cm³/mol. The summed E-state index contributed by atoms with van der Waals surface area (Å²) in [6.45, 7) is 2.05. The largest absolute Gasteiger partial charge is 0.594 e. The Morgan fingerprint density at radius 1 is 1.50 bits per heavy atom. The van der Waals surface area contributed by atoms with Crippen molar-refractivity contribution in [1.29, 1.82) is 0 Å². The molecule has 0 saturated heterocycles. The van der Waals surface area contributed by atoms with E-state index in [0.717, 1.165) is 11.8 Å². The summed E-state index contributed by atoms with van der Waals surface area (Å²) in [5.41, 5.74) is 0.798. The lowest BCUT2D eigenvalue weighted by Gasteiger charge is -2.04. The number of fused-ring (bicyclic) bond motifs is 1. The minimum atomic E-state index is -0.367. The minimum Gasteiger partial charge on any atom is -0.594 e. The van der Waals surface area contributed by atoms with Crippen molar-refractivity contribution in [1.82, 2.24) is 10.1 Å². The van der Waals surface area contributed by atoms with E-state index in [1.54, 1.807) is 25.1 Å². The zero-order chi connectivity index (χ0) is 14.5. The highest BCUT2D eigenvalue weighted by Crippen LogP contribution is 2.18. The lowest BCUT2D eigenvalue weighted by Crippen LogP contribution is -2.33. The van der Waals surface area contributed by atoms with Crippen LogP contribution in [-0.2, 0) is 9.53 Å². The molecule has 0 aliphatic heterocycles. The summed E-state index contributed by atoms with van der Waals surface area (Å²) in [4.78, 5) is 15.9. The molecule has 2 rings (SSSR count). The van der Waals surface area contributed by atoms with Gasteiger partial charge in [-0.25, -0.2) is 4.98 Å². The Bertz CT molecular complexity index is 635. The van der Waals surface area contributed by atoms with Gasteiger partial charge in [0.15, 0.2) is 0 Å². The fraction of sp³-hybridized carbons (Fsp3) is 0.333. The predicted octanol–water partition coefficient (Wildman–Crippen LogP) is 0.927. The second kappa shape index (κ2) is 6.38. The van der Waals surface area contributed by atoms with Gasteiger partial charge in [-0.15, -0.1) is 0 Å². The monoisotopic (exact) mass is 295 g/mol. The maximum absolute atomic E-state index is 11.8. The van der Waals surface area contributed by atoms with Gasteiger partial charge in [-0.05, 0) is 23.9 Å². The van der Waals surface area contributed by atoms with Crippen LogP contribution in [-0.4, -0.2) is 35.5 Å². The number of carbonyl (C=O) groups is 1. The number of nitrogens with zero attached hydrogens (tertiary/aromatic N) is 3. The van der Waals surface area contributed by atoms with Crippen LogP contribution in [0.2, 0.25) is 0 Å². The van der Waals surface area contributed by atoms with Crippen molar-refractivity contribution in [3.63, 3.8) is 0 Å². The normalized spacial score (nSPS) is 10.5. The Morgan fingerprint density at radius 3 is 3.00 bits per heavy atom. The number of hydrogen-bond acceptors (Lipinski definition) is 7. The molecule has 1 aromatic heterocycles. The quantitative estimate of drug-likeness (QED) is 0.351. The van der Waals surface area contributed by atoms with Gasteiger partial charge >= 0.3 is 5.97 Å². The van der Waals surface area contributed by atoms with Crippen LogP contribution in [0.4, 0.5) is 0 Å². The van der Waals surface area contributed by atoms with Crippen LogP contribution < -0.4 is 9.58 Å². The van der Waals surface area contributed by atoms with Crippen LogP contribution in [0.3, 0.4) is 0 Å². The Hall–Kier alpha value is -2.09.